The average Bonchev–Trinajstić information content (AvgIpc) is 2.99. The molecule has 2 aromatic heterocycles. The van der Waals surface area contributed by atoms with Gasteiger partial charge in [0.05, 0.1) is 5.69 Å². The second-order valence-corrected chi connectivity index (χ2v) is 6.07. The number of carbonyl (C=O) groups excluding carboxylic acids is 1. The number of imidazole rings is 1. The normalized spacial score (nSPS) is 12.4. The number of hydrogen-bond acceptors (Lipinski definition) is 4. The predicted octanol–water partition coefficient (Wildman–Crippen LogP) is 1.70. The van der Waals surface area contributed by atoms with E-state index in [1.165, 1.54) is 0 Å². The Labute approximate surface area is 128 Å². The van der Waals surface area contributed by atoms with Gasteiger partial charge < -0.3 is 9.88 Å². The fraction of sp³-hybridized carbons (Fsp3) is 0.500. The van der Waals surface area contributed by atoms with Gasteiger partial charge in [0, 0.05) is 37.4 Å². The van der Waals surface area contributed by atoms with Crippen LogP contribution in [0.4, 0.5) is 0 Å². The third-order valence-electron chi connectivity index (χ3n) is 3.20. The van der Waals surface area contributed by atoms with Gasteiger partial charge in [-0.2, -0.15) is 5.10 Å². The van der Waals surface area contributed by atoms with Crippen LogP contribution < -0.4 is 5.32 Å². The van der Waals surface area contributed by atoms with Crippen LogP contribution in [-0.2, 0) is 11.8 Å². The number of carbonyl (C=O) groups is 1. The van der Waals surface area contributed by atoms with Crippen LogP contribution in [0.2, 0.25) is 0 Å². The molecule has 0 aliphatic heterocycles. The molecule has 6 nitrogen and oxygen atoms in total. The van der Waals surface area contributed by atoms with Gasteiger partial charge in [0.1, 0.15) is 6.04 Å². The van der Waals surface area contributed by atoms with Crippen molar-refractivity contribution in [2.45, 2.75) is 32.0 Å². The summed E-state index contributed by atoms with van der Waals surface area (Å²) in [6.07, 6.45) is 3.68. The molecule has 0 aromatic carbocycles. The molecule has 0 spiro atoms. The van der Waals surface area contributed by atoms with Gasteiger partial charge in [-0.1, -0.05) is 11.8 Å². The van der Waals surface area contributed by atoms with E-state index in [9.17, 15) is 4.79 Å². The lowest BCUT2D eigenvalue weighted by Crippen LogP contribution is -2.33. The Morgan fingerprint density at radius 2 is 2.24 bits per heavy atom. The number of aromatic nitrogens is 4. The summed E-state index contributed by atoms with van der Waals surface area (Å²) in [4.78, 5) is 16.4. The van der Waals surface area contributed by atoms with E-state index < -0.39 is 0 Å². The molecular formula is C14H21N5OS. The summed E-state index contributed by atoms with van der Waals surface area (Å²) in [6, 6.07) is 1.68. The predicted molar refractivity (Wildman–Crippen MR) is 83.4 cm³/mol. The summed E-state index contributed by atoms with van der Waals surface area (Å²) >= 11 is 1.63. The zero-order valence-electron chi connectivity index (χ0n) is 12.8. The first-order valence-corrected chi connectivity index (χ1v) is 7.88. The van der Waals surface area contributed by atoms with Crippen LogP contribution in [0.1, 0.15) is 24.4 Å². The number of amides is 1. The minimum Gasteiger partial charge on any atom is -0.353 e. The number of thioether (sulfide) groups is 1. The van der Waals surface area contributed by atoms with Crippen molar-refractivity contribution in [2.24, 2.45) is 7.05 Å². The molecule has 0 unspecified atom stereocenters. The van der Waals surface area contributed by atoms with Gasteiger partial charge in [-0.25, -0.2) is 4.98 Å². The molecule has 1 amide bonds. The maximum absolute atomic E-state index is 12.1. The Kier molecular flexibility index (Phi) is 5.06. The molecule has 0 saturated carbocycles. The highest BCUT2D eigenvalue weighted by molar-refractivity contribution is 7.99. The van der Waals surface area contributed by atoms with Gasteiger partial charge in [0.15, 0.2) is 5.16 Å². The van der Waals surface area contributed by atoms with Crippen molar-refractivity contribution in [3.05, 3.63) is 29.8 Å². The summed E-state index contributed by atoms with van der Waals surface area (Å²) in [7, 11) is 1.96. The number of aryl methyl sites for hydroxylation is 3. The molecule has 0 bridgehead atoms. The lowest BCUT2D eigenvalue weighted by Gasteiger charge is -2.14. The molecule has 21 heavy (non-hydrogen) atoms. The monoisotopic (exact) mass is 307 g/mol. The Bertz CT molecular complexity index is 619. The number of rotatable bonds is 6. The molecular weight excluding hydrogens is 286 g/mol. The number of nitrogens with zero attached hydrogens (tertiary/aromatic N) is 4. The molecule has 1 N–H and O–H groups in total. The molecule has 114 valence electrons. The van der Waals surface area contributed by atoms with Crippen LogP contribution in [0, 0.1) is 13.8 Å². The highest BCUT2D eigenvalue weighted by atomic mass is 32.2. The van der Waals surface area contributed by atoms with E-state index >= 15 is 0 Å². The van der Waals surface area contributed by atoms with Gasteiger partial charge in [-0.05, 0) is 26.8 Å². The lowest BCUT2D eigenvalue weighted by atomic mass is 10.3. The van der Waals surface area contributed by atoms with Gasteiger partial charge in [0.25, 0.3) is 0 Å². The molecule has 0 aliphatic rings. The summed E-state index contributed by atoms with van der Waals surface area (Å²) in [5.74, 6) is 0.780. The van der Waals surface area contributed by atoms with E-state index in [0.29, 0.717) is 6.54 Å². The first-order valence-electron chi connectivity index (χ1n) is 6.89. The van der Waals surface area contributed by atoms with E-state index in [0.717, 1.165) is 22.3 Å². The standard InChI is InChI=1S/C14H21N5OS/c1-10-9-11(2)19(17-10)12(3)13(20)15-6-8-21-14-16-5-7-18(14)4/h5,7,9,12H,6,8H2,1-4H3,(H,15,20)/t12-/m1/s1. The number of nitrogens with one attached hydrogen (secondary N) is 1. The van der Waals surface area contributed by atoms with Crippen molar-refractivity contribution in [1.29, 1.82) is 0 Å². The van der Waals surface area contributed by atoms with Crippen LogP contribution in [0.5, 0.6) is 0 Å². The quantitative estimate of drug-likeness (QED) is 0.652. The molecule has 0 saturated heterocycles. The minimum absolute atomic E-state index is 0.0124. The van der Waals surface area contributed by atoms with Crippen molar-refractivity contribution in [2.75, 3.05) is 12.3 Å². The van der Waals surface area contributed by atoms with Crippen LogP contribution in [0.3, 0.4) is 0 Å². The average molecular weight is 307 g/mol. The van der Waals surface area contributed by atoms with Crippen molar-refractivity contribution in [1.82, 2.24) is 24.6 Å². The zero-order chi connectivity index (χ0) is 15.4. The van der Waals surface area contributed by atoms with Gasteiger partial charge in [-0.15, -0.1) is 0 Å². The van der Waals surface area contributed by atoms with Crippen molar-refractivity contribution < 1.29 is 4.79 Å². The third kappa shape index (κ3) is 3.87. The smallest absolute Gasteiger partial charge is 0.244 e. The van der Waals surface area contributed by atoms with Gasteiger partial charge in [0.2, 0.25) is 5.91 Å². The Morgan fingerprint density at radius 3 is 2.81 bits per heavy atom. The molecule has 0 fully saturated rings. The maximum atomic E-state index is 12.1. The van der Waals surface area contributed by atoms with Gasteiger partial charge >= 0.3 is 0 Å². The SMILES string of the molecule is Cc1cc(C)n([C@H](C)C(=O)NCCSc2nccn2C)n1. The van der Waals surface area contributed by atoms with Crippen LogP contribution >= 0.6 is 11.8 Å². The summed E-state index contributed by atoms with van der Waals surface area (Å²) < 4.78 is 3.72. The minimum atomic E-state index is -0.295. The Morgan fingerprint density at radius 1 is 1.48 bits per heavy atom. The highest BCUT2D eigenvalue weighted by Gasteiger charge is 2.17. The highest BCUT2D eigenvalue weighted by Crippen LogP contribution is 2.14. The topological polar surface area (TPSA) is 64.7 Å². The second-order valence-electron chi connectivity index (χ2n) is 5.01. The largest absolute Gasteiger partial charge is 0.353 e. The van der Waals surface area contributed by atoms with Crippen molar-refractivity contribution >= 4 is 17.7 Å². The molecule has 0 aliphatic carbocycles. The molecule has 2 rings (SSSR count). The summed E-state index contributed by atoms with van der Waals surface area (Å²) in [5, 5.41) is 8.25. The first-order chi connectivity index (χ1) is 9.99. The lowest BCUT2D eigenvalue weighted by molar-refractivity contribution is -0.124. The van der Waals surface area contributed by atoms with Crippen molar-refractivity contribution in [3.63, 3.8) is 0 Å². The zero-order valence-corrected chi connectivity index (χ0v) is 13.6. The van der Waals surface area contributed by atoms with E-state index in [4.69, 9.17) is 0 Å². The van der Waals surface area contributed by atoms with E-state index in [2.05, 4.69) is 15.4 Å². The van der Waals surface area contributed by atoms with Crippen LogP contribution in [-0.4, -0.2) is 37.5 Å². The van der Waals surface area contributed by atoms with E-state index in [-0.39, 0.29) is 11.9 Å². The Balaban J connectivity index is 1.79. The number of hydrogen-bond donors (Lipinski definition) is 1. The Hall–Kier alpha value is -1.76. The van der Waals surface area contributed by atoms with Crippen molar-refractivity contribution in [3.8, 4) is 0 Å². The molecule has 1 atom stereocenters. The molecule has 2 aromatic rings. The van der Waals surface area contributed by atoms with Gasteiger partial charge in [-0.3, -0.25) is 9.48 Å². The maximum Gasteiger partial charge on any atom is 0.244 e. The fourth-order valence-corrected chi connectivity index (χ4v) is 2.89. The third-order valence-corrected chi connectivity index (χ3v) is 4.26. The fourth-order valence-electron chi connectivity index (χ4n) is 2.10. The second kappa shape index (κ2) is 6.80. The first kappa shape index (κ1) is 15.6. The molecule has 2 heterocycles. The molecule has 0 radical (unpaired) electrons. The van der Waals surface area contributed by atoms with Crippen LogP contribution in [0.15, 0.2) is 23.6 Å². The van der Waals surface area contributed by atoms with Crippen LogP contribution in [0.25, 0.3) is 0 Å². The summed E-state index contributed by atoms with van der Waals surface area (Å²) in [5.41, 5.74) is 1.93. The summed E-state index contributed by atoms with van der Waals surface area (Å²) in [6.45, 7) is 6.36. The molecule has 7 heteroatoms. The van der Waals surface area contributed by atoms with E-state index in [1.54, 1.807) is 22.6 Å². The van der Waals surface area contributed by atoms with E-state index in [1.807, 2.05) is 44.6 Å².